The summed E-state index contributed by atoms with van der Waals surface area (Å²) in [5, 5.41) is 3.29. The fraction of sp³-hybridized carbons (Fsp3) is 0.333. The number of nitrogens with zero attached hydrogens (tertiary/aromatic N) is 2. The van der Waals surface area contributed by atoms with Crippen molar-refractivity contribution in [3.8, 4) is 5.88 Å². The van der Waals surface area contributed by atoms with Crippen LogP contribution in [0, 0.1) is 6.92 Å². The number of hydrogen-bond donors (Lipinski definition) is 1. The summed E-state index contributed by atoms with van der Waals surface area (Å²) < 4.78 is 6.71. The van der Waals surface area contributed by atoms with E-state index < -0.39 is 0 Å². The second-order valence-corrected chi connectivity index (χ2v) is 5.66. The molecule has 0 bridgehead atoms. The monoisotopic (exact) mass is 335 g/mol. The molecule has 0 aliphatic carbocycles. The molecule has 5 heteroatoms. The second-order valence-electron chi connectivity index (χ2n) is 4.81. The van der Waals surface area contributed by atoms with Gasteiger partial charge in [0, 0.05) is 29.0 Å². The SMILES string of the molecule is Cc1cc(NCc2cccnc2OC(C)C)ncc1Br. The Kier molecular flexibility index (Phi) is 4.95. The highest BCUT2D eigenvalue weighted by Gasteiger charge is 2.07. The van der Waals surface area contributed by atoms with Crippen molar-refractivity contribution in [2.45, 2.75) is 33.4 Å². The summed E-state index contributed by atoms with van der Waals surface area (Å²) in [6.45, 7) is 6.65. The smallest absolute Gasteiger partial charge is 0.218 e. The predicted octanol–water partition coefficient (Wildman–Crippen LogP) is 3.95. The number of pyridine rings is 2. The normalized spacial score (nSPS) is 10.7. The fourth-order valence-corrected chi connectivity index (χ4v) is 1.93. The Morgan fingerprint density at radius 1 is 1.35 bits per heavy atom. The van der Waals surface area contributed by atoms with Gasteiger partial charge in [0.2, 0.25) is 5.88 Å². The van der Waals surface area contributed by atoms with Crippen LogP contribution in [0.2, 0.25) is 0 Å². The molecule has 0 aliphatic rings. The number of nitrogens with one attached hydrogen (secondary N) is 1. The first-order valence-corrected chi connectivity index (χ1v) is 7.32. The molecular weight excluding hydrogens is 318 g/mol. The summed E-state index contributed by atoms with van der Waals surface area (Å²) in [6, 6.07) is 5.91. The fourth-order valence-electron chi connectivity index (χ4n) is 1.71. The molecule has 0 aliphatic heterocycles. The van der Waals surface area contributed by atoms with E-state index in [0.717, 1.165) is 21.4 Å². The molecule has 0 aromatic carbocycles. The van der Waals surface area contributed by atoms with Crippen LogP contribution in [-0.2, 0) is 6.54 Å². The van der Waals surface area contributed by atoms with Gasteiger partial charge in [0.05, 0.1) is 6.10 Å². The molecule has 106 valence electrons. The minimum atomic E-state index is 0.108. The first kappa shape index (κ1) is 14.8. The number of aromatic nitrogens is 2. The van der Waals surface area contributed by atoms with Crippen LogP contribution in [0.1, 0.15) is 25.0 Å². The molecule has 0 saturated carbocycles. The summed E-state index contributed by atoms with van der Waals surface area (Å²) in [4.78, 5) is 8.60. The van der Waals surface area contributed by atoms with Gasteiger partial charge in [-0.2, -0.15) is 0 Å². The molecule has 4 nitrogen and oxygen atoms in total. The lowest BCUT2D eigenvalue weighted by Crippen LogP contribution is -2.11. The number of hydrogen-bond acceptors (Lipinski definition) is 4. The number of halogens is 1. The first-order chi connectivity index (χ1) is 9.56. The second kappa shape index (κ2) is 6.70. The predicted molar refractivity (Wildman–Crippen MR) is 84.0 cm³/mol. The van der Waals surface area contributed by atoms with E-state index in [9.17, 15) is 0 Å². The molecule has 0 radical (unpaired) electrons. The maximum Gasteiger partial charge on any atom is 0.218 e. The molecule has 0 unspecified atom stereocenters. The maximum atomic E-state index is 5.70. The Morgan fingerprint density at radius 3 is 2.85 bits per heavy atom. The molecule has 2 heterocycles. The van der Waals surface area contributed by atoms with Crippen LogP contribution in [0.4, 0.5) is 5.82 Å². The van der Waals surface area contributed by atoms with E-state index in [1.807, 2.05) is 39.0 Å². The van der Waals surface area contributed by atoms with Crippen LogP contribution in [-0.4, -0.2) is 16.1 Å². The van der Waals surface area contributed by atoms with Gasteiger partial charge < -0.3 is 10.1 Å². The molecule has 2 aromatic heterocycles. The van der Waals surface area contributed by atoms with Crippen molar-refractivity contribution in [3.63, 3.8) is 0 Å². The van der Waals surface area contributed by atoms with E-state index in [-0.39, 0.29) is 6.10 Å². The average Bonchev–Trinajstić information content (AvgIpc) is 2.41. The Hall–Kier alpha value is -1.62. The van der Waals surface area contributed by atoms with Crippen molar-refractivity contribution in [3.05, 3.63) is 46.2 Å². The number of aryl methyl sites for hydroxylation is 1. The molecule has 0 fully saturated rings. The summed E-state index contributed by atoms with van der Waals surface area (Å²) in [7, 11) is 0. The third-order valence-electron chi connectivity index (χ3n) is 2.70. The highest BCUT2D eigenvalue weighted by Crippen LogP contribution is 2.20. The zero-order valence-electron chi connectivity index (χ0n) is 11.9. The zero-order chi connectivity index (χ0) is 14.5. The summed E-state index contributed by atoms with van der Waals surface area (Å²) in [5.41, 5.74) is 2.16. The van der Waals surface area contributed by atoms with Gasteiger partial charge in [-0.25, -0.2) is 9.97 Å². The number of ether oxygens (including phenoxy) is 1. The Bertz CT molecular complexity index is 587. The number of anilines is 1. The van der Waals surface area contributed by atoms with Crippen LogP contribution in [0.15, 0.2) is 35.1 Å². The highest BCUT2D eigenvalue weighted by atomic mass is 79.9. The molecule has 0 saturated heterocycles. The van der Waals surface area contributed by atoms with Gasteiger partial charge in [-0.3, -0.25) is 0 Å². The van der Waals surface area contributed by atoms with Crippen molar-refractivity contribution in [2.24, 2.45) is 0 Å². The van der Waals surface area contributed by atoms with Gasteiger partial charge in [-0.1, -0.05) is 6.07 Å². The van der Waals surface area contributed by atoms with E-state index in [4.69, 9.17) is 4.74 Å². The van der Waals surface area contributed by atoms with Crippen molar-refractivity contribution >= 4 is 21.7 Å². The molecule has 20 heavy (non-hydrogen) atoms. The van der Waals surface area contributed by atoms with Gasteiger partial charge in [-0.05, 0) is 54.4 Å². The summed E-state index contributed by atoms with van der Waals surface area (Å²) in [6.07, 6.45) is 3.65. The number of rotatable bonds is 5. The van der Waals surface area contributed by atoms with Crippen LogP contribution in [0.3, 0.4) is 0 Å². The van der Waals surface area contributed by atoms with E-state index in [0.29, 0.717) is 12.4 Å². The van der Waals surface area contributed by atoms with Crippen LogP contribution in [0.25, 0.3) is 0 Å². The largest absolute Gasteiger partial charge is 0.475 e. The molecule has 0 spiro atoms. The van der Waals surface area contributed by atoms with Gasteiger partial charge in [-0.15, -0.1) is 0 Å². The zero-order valence-corrected chi connectivity index (χ0v) is 13.4. The quantitative estimate of drug-likeness (QED) is 0.898. The van der Waals surface area contributed by atoms with Crippen LogP contribution < -0.4 is 10.1 Å². The standard InChI is InChI=1S/C15H18BrN3O/c1-10(2)20-15-12(5-4-6-17-15)8-18-14-7-11(3)13(16)9-19-14/h4-7,9-10H,8H2,1-3H3,(H,18,19). The Balaban J connectivity index is 2.08. The average molecular weight is 336 g/mol. The van der Waals surface area contributed by atoms with E-state index in [1.165, 1.54) is 0 Å². The molecule has 1 N–H and O–H groups in total. The molecule has 2 aromatic rings. The van der Waals surface area contributed by atoms with Crippen molar-refractivity contribution < 1.29 is 4.74 Å². The van der Waals surface area contributed by atoms with Crippen molar-refractivity contribution in [2.75, 3.05) is 5.32 Å². The Morgan fingerprint density at radius 2 is 2.15 bits per heavy atom. The summed E-state index contributed by atoms with van der Waals surface area (Å²) in [5.74, 6) is 1.51. The maximum absolute atomic E-state index is 5.70. The third-order valence-corrected chi connectivity index (χ3v) is 3.53. The molecule has 2 rings (SSSR count). The van der Waals surface area contributed by atoms with Crippen molar-refractivity contribution in [1.82, 2.24) is 9.97 Å². The highest BCUT2D eigenvalue weighted by molar-refractivity contribution is 9.10. The lowest BCUT2D eigenvalue weighted by atomic mass is 10.2. The van der Waals surface area contributed by atoms with Crippen LogP contribution >= 0.6 is 15.9 Å². The Labute approximate surface area is 127 Å². The lowest BCUT2D eigenvalue weighted by Gasteiger charge is -2.13. The van der Waals surface area contributed by atoms with Gasteiger partial charge in [0.25, 0.3) is 0 Å². The van der Waals surface area contributed by atoms with E-state index in [1.54, 1.807) is 12.4 Å². The lowest BCUT2D eigenvalue weighted by molar-refractivity contribution is 0.230. The van der Waals surface area contributed by atoms with Gasteiger partial charge >= 0.3 is 0 Å². The van der Waals surface area contributed by atoms with Crippen LogP contribution in [0.5, 0.6) is 5.88 Å². The minimum absolute atomic E-state index is 0.108. The third kappa shape index (κ3) is 3.93. The van der Waals surface area contributed by atoms with Gasteiger partial charge in [0.1, 0.15) is 5.82 Å². The molecule has 0 atom stereocenters. The topological polar surface area (TPSA) is 47.0 Å². The first-order valence-electron chi connectivity index (χ1n) is 6.53. The van der Waals surface area contributed by atoms with Gasteiger partial charge in [0.15, 0.2) is 0 Å². The minimum Gasteiger partial charge on any atom is -0.475 e. The van der Waals surface area contributed by atoms with E-state index in [2.05, 4.69) is 31.2 Å². The van der Waals surface area contributed by atoms with Crippen molar-refractivity contribution in [1.29, 1.82) is 0 Å². The molecule has 0 amide bonds. The van der Waals surface area contributed by atoms with E-state index >= 15 is 0 Å². The summed E-state index contributed by atoms with van der Waals surface area (Å²) >= 11 is 3.44. The molecular formula is C15H18BrN3O.